The van der Waals surface area contributed by atoms with Gasteiger partial charge in [-0.1, -0.05) is 44.9 Å². The van der Waals surface area contributed by atoms with Crippen LogP contribution in [0.4, 0.5) is 0 Å². The van der Waals surface area contributed by atoms with E-state index in [2.05, 4.69) is 11.3 Å². The summed E-state index contributed by atoms with van der Waals surface area (Å²) >= 11 is 0. The molecule has 2 unspecified atom stereocenters. The van der Waals surface area contributed by atoms with Crippen LogP contribution in [0.1, 0.15) is 63.4 Å². The van der Waals surface area contributed by atoms with Crippen LogP contribution in [0.15, 0.2) is 12.4 Å². The van der Waals surface area contributed by atoms with Crippen molar-refractivity contribution in [3.63, 3.8) is 0 Å². The van der Waals surface area contributed by atoms with Crippen molar-refractivity contribution in [3.8, 4) is 0 Å². The van der Waals surface area contributed by atoms with Gasteiger partial charge in [-0.05, 0) is 24.7 Å². The number of hydrogen-bond donors (Lipinski definition) is 1. The molecule has 2 fully saturated rings. The molecule has 1 heterocycles. The number of hydrogen-bond acceptors (Lipinski definition) is 2. The van der Waals surface area contributed by atoms with Gasteiger partial charge in [0.2, 0.25) is 0 Å². The van der Waals surface area contributed by atoms with Gasteiger partial charge in [-0.3, -0.25) is 4.68 Å². The molecule has 1 aromatic rings. The highest BCUT2D eigenvalue weighted by Crippen LogP contribution is 2.47. The maximum Gasteiger partial charge on any atom is 0.0540 e. The summed E-state index contributed by atoms with van der Waals surface area (Å²) in [5.74, 6) is 1.52. The quantitative estimate of drug-likeness (QED) is 0.887. The minimum atomic E-state index is -0.117. The summed E-state index contributed by atoms with van der Waals surface area (Å²) in [7, 11) is 1.99. The van der Waals surface area contributed by atoms with E-state index in [0.717, 1.165) is 12.3 Å². The lowest BCUT2D eigenvalue weighted by molar-refractivity contribution is 0.0985. The molecule has 3 heteroatoms. The van der Waals surface area contributed by atoms with E-state index in [1.165, 1.54) is 56.9 Å². The zero-order valence-electron chi connectivity index (χ0n) is 12.1. The van der Waals surface area contributed by atoms with Gasteiger partial charge in [0.25, 0.3) is 0 Å². The van der Waals surface area contributed by atoms with Gasteiger partial charge in [-0.2, -0.15) is 5.10 Å². The molecule has 0 saturated heterocycles. The molecule has 0 aliphatic heterocycles. The zero-order chi connectivity index (χ0) is 13.3. The predicted molar refractivity (Wildman–Crippen MR) is 77.6 cm³/mol. The highest BCUT2D eigenvalue weighted by Gasteiger charge is 2.43. The van der Waals surface area contributed by atoms with E-state index >= 15 is 0 Å². The lowest BCUT2D eigenvalue weighted by Gasteiger charge is -2.46. The second kappa shape index (κ2) is 5.28. The van der Waals surface area contributed by atoms with Crippen LogP contribution in [0.3, 0.4) is 0 Å². The van der Waals surface area contributed by atoms with Crippen LogP contribution >= 0.6 is 0 Å². The van der Waals surface area contributed by atoms with Crippen molar-refractivity contribution in [1.82, 2.24) is 9.78 Å². The van der Waals surface area contributed by atoms with Gasteiger partial charge in [0.1, 0.15) is 0 Å². The smallest absolute Gasteiger partial charge is 0.0540 e. The first-order chi connectivity index (χ1) is 9.20. The molecule has 2 N–H and O–H groups in total. The molecule has 3 nitrogen and oxygen atoms in total. The molecule has 2 atom stereocenters. The van der Waals surface area contributed by atoms with Gasteiger partial charge in [0.15, 0.2) is 0 Å². The number of aryl methyl sites for hydroxylation is 1. The Balaban J connectivity index is 1.86. The van der Waals surface area contributed by atoms with Crippen molar-refractivity contribution < 1.29 is 0 Å². The molecule has 0 amide bonds. The average Bonchev–Trinajstić information content (AvgIpc) is 2.88. The second-order valence-corrected chi connectivity index (χ2v) is 6.69. The first kappa shape index (κ1) is 13.2. The van der Waals surface area contributed by atoms with Gasteiger partial charge < -0.3 is 5.73 Å². The topological polar surface area (TPSA) is 43.8 Å². The van der Waals surface area contributed by atoms with Gasteiger partial charge >= 0.3 is 0 Å². The van der Waals surface area contributed by atoms with Gasteiger partial charge in [-0.15, -0.1) is 0 Å². The average molecular weight is 261 g/mol. The van der Waals surface area contributed by atoms with Gasteiger partial charge in [-0.25, -0.2) is 0 Å². The van der Waals surface area contributed by atoms with E-state index in [9.17, 15) is 0 Å². The predicted octanol–water partition coefficient (Wildman–Crippen LogP) is 3.34. The van der Waals surface area contributed by atoms with E-state index in [0.29, 0.717) is 5.92 Å². The minimum Gasteiger partial charge on any atom is -0.321 e. The van der Waals surface area contributed by atoms with Crippen molar-refractivity contribution in [2.45, 2.75) is 63.3 Å². The van der Waals surface area contributed by atoms with Crippen LogP contribution in [-0.2, 0) is 12.6 Å². The summed E-state index contributed by atoms with van der Waals surface area (Å²) < 4.78 is 1.90. The summed E-state index contributed by atoms with van der Waals surface area (Å²) in [5, 5.41) is 4.35. The summed E-state index contributed by atoms with van der Waals surface area (Å²) in [6.07, 6.45) is 16.3. The highest BCUT2D eigenvalue weighted by molar-refractivity contribution is 5.21. The monoisotopic (exact) mass is 261 g/mol. The summed E-state index contributed by atoms with van der Waals surface area (Å²) in [4.78, 5) is 0. The third kappa shape index (κ3) is 2.45. The van der Waals surface area contributed by atoms with Crippen molar-refractivity contribution in [2.75, 3.05) is 0 Å². The number of rotatable bonds is 2. The summed E-state index contributed by atoms with van der Waals surface area (Å²) in [5.41, 5.74) is 8.07. The molecule has 106 valence electrons. The van der Waals surface area contributed by atoms with Crippen LogP contribution in [0, 0.1) is 11.8 Å². The molecule has 0 spiro atoms. The second-order valence-electron chi connectivity index (χ2n) is 6.69. The Hall–Kier alpha value is -0.830. The molecule has 0 bridgehead atoms. The normalized spacial score (nSPS) is 33.5. The van der Waals surface area contributed by atoms with Crippen LogP contribution in [0.5, 0.6) is 0 Å². The van der Waals surface area contributed by atoms with E-state index < -0.39 is 0 Å². The minimum absolute atomic E-state index is 0.117. The fourth-order valence-corrected chi connectivity index (χ4v) is 4.44. The molecule has 3 rings (SSSR count). The summed E-state index contributed by atoms with van der Waals surface area (Å²) in [6, 6.07) is 0. The fraction of sp³-hybridized carbons (Fsp3) is 0.812. The van der Waals surface area contributed by atoms with Crippen molar-refractivity contribution in [3.05, 3.63) is 18.0 Å². The zero-order valence-corrected chi connectivity index (χ0v) is 12.1. The Morgan fingerprint density at radius 3 is 2.58 bits per heavy atom. The molecule has 2 aliphatic rings. The molecule has 2 aliphatic carbocycles. The van der Waals surface area contributed by atoms with E-state index in [4.69, 9.17) is 5.73 Å². The Labute approximate surface area is 116 Å². The lowest BCUT2D eigenvalue weighted by Crippen LogP contribution is -2.49. The number of nitrogens with zero attached hydrogens (tertiary/aromatic N) is 2. The standard InChI is InChI=1S/C16H27N3/c1-19-12-14(11-18-19)16(17)10-6-5-9-15(16)13-7-3-2-4-8-13/h11-13,15H,2-10,17H2,1H3. The van der Waals surface area contributed by atoms with Gasteiger partial charge in [0, 0.05) is 24.3 Å². The first-order valence-electron chi connectivity index (χ1n) is 7.98. The Morgan fingerprint density at radius 2 is 1.89 bits per heavy atom. The van der Waals surface area contributed by atoms with E-state index in [-0.39, 0.29) is 5.54 Å². The van der Waals surface area contributed by atoms with Crippen molar-refractivity contribution in [1.29, 1.82) is 0 Å². The van der Waals surface area contributed by atoms with Crippen LogP contribution < -0.4 is 5.73 Å². The Kier molecular flexibility index (Phi) is 3.66. The number of nitrogens with two attached hydrogens (primary N) is 1. The Morgan fingerprint density at radius 1 is 1.16 bits per heavy atom. The van der Waals surface area contributed by atoms with E-state index in [1.807, 2.05) is 17.9 Å². The first-order valence-corrected chi connectivity index (χ1v) is 7.98. The maximum absolute atomic E-state index is 6.92. The molecule has 0 radical (unpaired) electrons. The molecular weight excluding hydrogens is 234 g/mol. The molecule has 1 aromatic heterocycles. The molecule has 0 aromatic carbocycles. The maximum atomic E-state index is 6.92. The number of aromatic nitrogens is 2. The molecule has 19 heavy (non-hydrogen) atoms. The third-order valence-electron chi connectivity index (χ3n) is 5.48. The molecule has 2 saturated carbocycles. The van der Waals surface area contributed by atoms with Gasteiger partial charge in [0.05, 0.1) is 6.20 Å². The van der Waals surface area contributed by atoms with Crippen molar-refractivity contribution >= 4 is 0 Å². The van der Waals surface area contributed by atoms with Crippen LogP contribution in [0.2, 0.25) is 0 Å². The fourth-order valence-electron chi connectivity index (χ4n) is 4.44. The molecular formula is C16H27N3. The van der Waals surface area contributed by atoms with Crippen LogP contribution in [-0.4, -0.2) is 9.78 Å². The SMILES string of the molecule is Cn1cc(C2(N)CCCCC2C2CCCCC2)cn1. The lowest BCUT2D eigenvalue weighted by atomic mass is 9.62. The van der Waals surface area contributed by atoms with Crippen LogP contribution in [0.25, 0.3) is 0 Å². The largest absolute Gasteiger partial charge is 0.321 e. The third-order valence-corrected chi connectivity index (χ3v) is 5.48. The van der Waals surface area contributed by atoms with Crippen molar-refractivity contribution in [2.24, 2.45) is 24.6 Å². The Bertz CT molecular complexity index is 419. The highest BCUT2D eigenvalue weighted by atomic mass is 15.2. The van der Waals surface area contributed by atoms with E-state index in [1.54, 1.807) is 0 Å². The summed E-state index contributed by atoms with van der Waals surface area (Å²) in [6.45, 7) is 0.